The molecule has 2 heterocycles. The van der Waals surface area contributed by atoms with Gasteiger partial charge in [-0.15, -0.1) is 11.3 Å². The summed E-state index contributed by atoms with van der Waals surface area (Å²) in [7, 11) is -2.20. The molecule has 0 spiro atoms. The number of aromatic nitrogens is 3. The van der Waals surface area contributed by atoms with E-state index in [1.165, 1.54) is 19.9 Å². The molecule has 0 radical (unpaired) electrons. The summed E-state index contributed by atoms with van der Waals surface area (Å²) in [5, 5.41) is 7.76. The number of aryl methyl sites for hydroxylation is 1. The minimum absolute atomic E-state index is 0.00593. The van der Waals surface area contributed by atoms with E-state index in [4.69, 9.17) is 0 Å². The number of fused-ring (bicyclic) bond motifs is 2. The highest BCUT2D eigenvalue weighted by Crippen LogP contribution is 2.37. The summed E-state index contributed by atoms with van der Waals surface area (Å²) >= 11 is 0.955. The van der Waals surface area contributed by atoms with E-state index in [-0.39, 0.29) is 29.0 Å². The lowest BCUT2D eigenvalue weighted by atomic mass is 10.0. The molecule has 0 aliphatic heterocycles. The number of nitrogens with one attached hydrogen (secondary N) is 2. The van der Waals surface area contributed by atoms with Gasteiger partial charge in [-0.25, -0.2) is 17.8 Å². The zero-order chi connectivity index (χ0) is 26.5. The number of benzene rings is 2. The fraction of sp³-hybridized carbons (Fsp3) is 0.360. The number of carbonyl (C=O) groups is 2. The molecule has 12 heteroatoms. The molecule has 1 aliphatic carbocycles. The Hall–Kier alpha value is -3.38. The molecular weight excluding hydrogens is 517 g/mol. The lowest BCUT2D eigenvalue weighted by Crippen LogP contribution is -2.42. The predicted molar refractivity (Wildman–Crippen MR) is 140 cm³/mol. The molecule has 1 fully saturated rings. The molecule has 2 aromatic carbocycles. The fourth-order valence-corrected chi connectivity index (χ4v) is 6.86. The van der Waals surface area contributed by atoms with Gasteiger partial charge in [-0.3, -0.25) is 14.3 Å². The minimum Gasteiger partial charge on any atom is -0.352 e. The first-order valence-electron chi connectivity index (χ1n) is 11.9. The van der Waals surface area contributed by atoms with Crippen LogP contribution in [0.2, 0.25) is 0 Å². The van der Waals surface area contributed by atoms with E-state index < -0.39 is 32.1 Å². The maximum absolute atomic E-state index is 15.2. The van der Waals surface area contributed by atoms with Gasteiger partial charge in [0, 0.05) is 18.5 Å². The Morgan fingerprint density at radius 3 is 2.65 bits per heavy atom. The Morgan fingerprint density at radius 1 is 1.19 bits per heavy atom. The summed E-state index contributed by atoms with van der Waals surface area (Å²) in [5.41, 5.74) is 2.23. The van der Waals surface area contributed by atoms with Crippen molar-refractivity contribution in [2.24, 2.45) is 7.05 Å². The van der Waals surface area contributed by atoms with Crippen molar-refractivity contribution in [1.29, 1.82) is 0 Å². The Bertz CT molecular complexity index is 1640. The Morgan fingerprint density at radius 2 is 1.95 bits per heavy atom. The third kappa shape index (κ3) is 4.95. The molecule has 2 amide bonds. The largest absolute Gasteiger partial charge is 0.352 e. The van der Waals surface area contributed by atoms with Crippen LogP contribution in [0.15, 0.2) is 36.5 Å². The van der Waals surface area contributed by atoms with Crippen LogP contribution in [0.25, 0.3) is 32.2 Å². The second-order valence-electron chi connectivity index (χ2n) is 9.48. The van der Waals surface area contributed by atoms with Crippen LogP contribution in [0.1, 0.15) is 36.9 Å². The highest BCUT2D eigenvalue weighted by atomic mass is 32.2. The third-order valence-electron chi connectivity index (χ3n) is 6.36. The molecule has 194 valence electrons. The molecule has 0 saturated heterocycles. The molecule has 37 heavy (non-hydrogen) atoms. The summed E-state index contributed by atoms with van der Waals surface area (Å²) in [4.78, 5) is 29.4. The first kappa shape index (κ1) is 25.3. The Kier molecular flexibility index (Phi) is 6.48. The van der Waals surface area contributed by atoms with Gasteiger partial charge >= 0.3 is 0 Å². The van der Waals surface area contributed by atoms with Gasteiger partial charge in [0.25, 0.3) is 0 Å². The van der Waals surface area contributed by atoms with Crippen molar-refractivity contribution in [3.63, 3.8) is 0 Å². The SMILES string of the molecule is CC(C)S(=O)(=O)C(C(=O)NCC(=O)NC1CC1)c1nc2c(F)cc(-c3ccc4cnn(C)c4c3)cc2s1. The Balaban J connectivity index is 1.50. The molecule has 1 saturated carbocycles. The number of rotatable bonds is 8. The van der Waals surface area contributed by atoms with Gasteiger partial charge in [-0.2, -0.15) is 5.10 Å². The lowest BCUT2D eigenvalue weighted by Gasteiger charge is -2.17. The summed E-state index contributed by atoms with van der Waals surface area (Å²) in [6.07, 6.45) is 3.52. The highest BCUT2D eigenvalue weighted by Gasteiger charge is 2.39. The van der Waals surface area contributed by atoms with Crippen molar-refractivity contribution in [2.75, 3.05) is 6.54 Å². The predicted octanol–water partition coefficient (Wildman–Crippen LogP) is 3.25. The molecule has 2 N–H and O–H groups in total. The topological polar surface area (TPSA) is 123 Å². The minimum atomic E-state index is -4.02. The maximum Gasteiger partial charge on any atom is 0.245 e. The number of nitrogens with zero attached hydrogens (tertiary/aromatic N) is 3. The smallest absolute Gasteiger partial charge is 0.245 e. The number of halogens is 1. The zero-order valence-corrected chi connectivity index (χ0v) is 22.1. The number of hydrogen-bond donors (Lipinski definition) is 2. The van der Waals surface area contributed by atoms with Crippen LogP contribution in [-0.4, -0.2) is 52.8 Å². The van der Waals surface area contributed by atoms with Crippen LogP contribution in [-0.2, 0) is 26.5 Å². The maximum atomic E-state index is 15.2. The van der Waals surface area contributed by atoms with Crippen LogP contribution in [0.3, 0.4) is 0 Å². The first-order valence-corrected chi connectivity index (χ1v) is 14.3. The van der Waals surface area contributed by atoms with Crippen molar-refractivity contribution in [1.82, 2.24) is 25.4 Å². The number of sulfone groups is 1. The molecule has 1 unspecified atom stereocenters. The molecule has 0 bridgehead atoms. The van der Waals surface area contributed by atoms with Crippen LogP contribution in [0.5, 0.6) is 0 Å². The van der Waals surface area contributed by atoms with Gasteiger partial charge in [0.15, 0.2) is 20.9 Å². The monoisotopic (exact) mass is 543 g/mol. The summed E-state index contributed by atoms with van der Waals surface area (Å²) < 4.78 is 43.7. The van der Waals surface area contributed by atoms with Gasteiger partial charge in [0.2, 0.25) is 11.8 Å². The van der Waals surface area contributed by atoms with E-state index in [1.807, 2.05) is 25.2 Å². The van der Waals surface area contributed by atoms with Crippen molar-refractivity contribution >= 4 is 54.1 Å². The van der Waals surface area contributed by atoms with E-state index in [0.29, 0.717) is 10.3 Å². The van der Waals surface area contributed by atoms with Crippen LogP contribution < -0.4 is 10.6 Å². The average molecular weight is 544 g/mol. The van der Waals surface area contributed by atoms with Gasteiger partial charge in [-0.1, -0.05) is 12.1 Å². The Labute approximate surface area is 217 Å². The summed E-state index contributed by atoms with van der Waals surface area (Å²) in [5.74, 6) is -1.87. The van der Waals surface area contributed by atoms with Crippen LogP contribution in [0, 0.1) is 5.82 Å². The van der Waals surface area contributed by atoms with E-state index in [2.05, 4.69) is 20.7 Å². The van der Waals surface area contributed by atoms with E-state index >= 15 is 4.39 Å². The number of hydrogen-bond acceptors (Lipinski definition) is 7. The van der Waals surface area contributed by atoms with Crippen LogP contribution in [0.4, 0.5) is 4.39 Å². The zero-order valence-electron chi connectivity index (χ0n) is 20.5. The van der Waals surface area contributed by atoms with Crippen molar-refractivity contribution in [2.45, 2.75) is 43.2 Å². The molecule has 2 aromatic heterocycles. The number of thiazole rings is 1. The molecule has 4 aromatic rings. The van der Waals surface area contributed by atoms with Gasteiger partial charge in [0.05, 0.1) is 28.2 Å². The molecule has 1 atom stereocenters. The number of amides is 2. The fourth-order valence-electron chi connectivity index (χ4n) is 4.05. The second kappa shape index (κ2) is 9.49. The molecule has 5 rings (SSSR count). The second-order valence-corrected chi connectivity index (χ2v) is 13.1. The van der Waals surface area contributed by atoms with E-state index in [1.54, 1.807) is 16.9 Å². The third-order valence-corrected chi connectivity index (χ3v) is 9.99. The van der Waals surface area contributed by atoms with Crippen molar-refractivity contribution in [3.8, 4) is 11.1 Å². The van der Waals surface area contributed by atoms with E-state index in [9.17, 15) is 18.0 Å². The normalized spacial score (nSPS) is 14.8. The first-order chi connectivity index (χ1) is 17.5. The van der Waals surface area contributed by atoms with Gasteiger partial charge in [0.1, 0.15) is 10.5 Å². The molecular formula is C25H26FN5O4S2. The highest BCUT2D eigenvalue weighted by molar-refractivity contribution is 7.93. The summed E-state index contributed by atoms with van der Waals surface area (Å²) in [6.45, 7) is 2.59. The molecule has 1 aliphatic rings. The number of carbonyl (C=O) groups excluding carboxylic acids is 2. The van der Waals surface area contributed by atoms with Crippen molar-refractivity contribution in [3.05, 3.63) is 47.4 Å². The van der Waals surface area contributed by atoms with E-state index in [0.717, 1.165) is 40.6 Å². The molecule has 9 nitrogen and oxygen atoms in total. The standard InChI is InChI=1S/C25H26FN5O4S2/c1-13(2)37(34,35)23(24(33)27-12-21(32)29-17-6-7-17)25-30-22-18(26)8-16(10-20(22)36-25)14-4-5-15-11-28-31(3)19(15)9-14/h4-5,8-11,13,17,23H,6-7,12H2,1-3H3,(H,27,33)(H,29,32). The van der Waals surface area contributed by atoms with Gasteiger partial charge in [-0.05, 0) is 56.0 Å². The quantitative estimate of drug-likeness (QED) is 0.352. The van der Waals surface area contributed by atoms with Crippen molar-refractivity contribution < 1.29 is 22.4 Å². The summed E-state index contributed by atoms with van der Waals surface area (Å²) in [6, 6.07) is 8.84. The van der Waals surface area contributed by atoms with Gasteiger partial charge < -0.3 is 10.6 Å². The average Bonchev–Trinajstić information content (AvgIpc) is 3.43. The van der Waals surface area contributed by atoms with Crippen LogP contribution >= 0.6 is 11.3 Å². The lowest BCUT2D eigenvalue weighted by molar-refractivity contribution is -0.126.